The smallest absolute Gasteiger partial charge is 0.328 e. The van der Waals surface area contributed by atoms with Crippen LogP contribution >= 0.6 is 0 Å². The first kappa shape index (κ1) is 10.1. The van der Waals surface area contributed by atoms with Crippen LogP contribution in [0.3, 0.4) is 0 Å². The largest absolute Gasteiger partial charge is 0.392 e. The van der Waals surface area contributed by atoms with Gasteiger partial charge in [0.2, 0.25) is 0 Å². The van der Waals surface area contributed by atoms with E-state index in [0.29, 0.717) is 6.54 Å². The van der Waals surface area contributed by atoms with E-state index in [2.05, 4.69) is 0 Å². The van der Waals surface area contributed by atoms with Crippen molar-refractivity contribution >= 4 is 0 Å². The minimum atomic E-state index is -0.477. The molecule has 0 aliphatic carbocycles. The van der Waals surface area contributed by atoms with Crippen LogP contribution in [0.5, 0.6) is 0 Å². The van der Waals surface area contributed by atoms with Gasteiger partial charge in [0, 0.05) is 18.9 Å². The molecule has 0 bridgehead atoms. The Labute approximate surface area is 77.4 Å². The summed E-state index contributed by atoms with van der Waals surface area (Å²) in [7, 11) is 0. The Kier molecular flexibility index (Phi) is 3.31. The van der Waals surface area contributed by atoms with Crippen molar-refractivity contribution in [2.45, 2.75) is 39.5 Å². The Morgan fingerprint density at radius 3 is 2.62 bits per heavy atom. The number of rotatable bonds is 4. The number of imidazole rings is 1. The minimum Gasteiger partial charge on any atom is -0.392 e. The fraction of sp³-hybridized carbons (Fsp3) is 0.667. The third-order valence-corrected chi connectivity index (χ3v) is 1.84. The Balaban J connectivity index is 2.80. The molecule has 1 unspecified atom stereocenters. The van der Waals surface area contributed by atoms with Crippen LogP contribution in [0.15, 0.2) is 17.2 Å². The molecule has 0 amide bonds. The van der Waals surface area contributed by atoms with Gasteiger partial charge >= 0.3 is 5.69 Å². The van der Waals surface area contributed by atoms with Gasteiger partial charge in [0.1, 0.15) is 0 Å². The Morgan fingerprint density at radius 1 is 1.46 bits per heavy atom. The molecule has 13 heavy (non-hydrogen) atoms. The lowest BCUT2D eigenvalue weighted by Crippen LogP contribution is -2.27. The van der Waals surface area contributed by atoms with E-state index < -0.39 is 6.10 Å². The highest BCUT2D eigenvalue weighted by Crippen LogP contribution is 1.91. The summed E-state index contributed by atoms with van der Waals surface area (Å²) in [5.74, 6) is 0. The van der Waals surface area contributed by atoms with Crippen LogP contribution in [-0.4, -0.2) is 20.3 Å². The highest BCUT2D eigenvalue weighted by molar-refractivity contribution is 4.81. The zero-order valence-corrected chi connectivity index (χ0v) is 8.10. The number of aliphatic hydroxyl groups excluding tert-OH is 1. The fourth-order valence-corrected chi connectivity index (χ4v) is 1.29. The third kappa shape index (κ3) is 2.45. The topological polar surface area (TPSA) is 47.2 Å². The first-order valence-corrected chi connectivity index (χ1v) is 4.58. The maximum Gasteiger partial charge on any atom is 0.328 e. The highest BCUT2D eigenvalue weighted by atomic mass is 16.3. The molecule has 0 aliphatic heterocycles. The molecule has 4 heteroatoms. The average molecular weight is 184 g/mol. The molecule has 1 N–H and O–H groups in total. The van der Waals surface area contributed by atoms with E-state index >= 15 is 0 Å². The van der Waals surface area contributed by atoms with Gasteiger partial charge in [-0.05, 0) is 13.3 Å². The second kappa shape index (κ2) is 4.28. The molecule has 0 aromatic carbocycles. The molecular formula is C9H16N2O2. The predicted molar refractivity (Wildman–Crippen MR) is 50.7 cm³/mol. The third-order valence-electron chi connectivity index (χ3n) is 1.84. The molecule has 74 valence electrons. The summed E-state index contributed by atoms with van der Waals surface area (Å²) in [6.45, 7) is 4.81. The van der Waals surface area contributed by atoms with Gasteiger partial charge in [-0.2, -0.15) is 0 Å². The SMILES string of the molecule is CCCn1ccn(CC(C)O)c1=O. The van der Waals surface area contributed by atoms with Crippen LogP contribution in [0, 0.1) is 0 Å². The van der Waals surface area contributed by atoms with E-state index in [4.69, 9.17) is 5.11 Å². The van der Waals surface area contributed by atoms with Crippen LogP contribution in [0.2, 0.25) is 0 Å². The first-order chi connectivity index (χ1) is 6.15. The van der Waals surface area contributed by atoms with Gasteiger partial charge in [-0.25, -0.2) is 4.79 Å². The average Bonchev–Trinajstić information content (AvgIpc) is 2.36. The Hall–Kier alpha value is -1.03. The van der Waals surface area contributed by atoms with Crippen LogP contribution < -0.4 is 5.69 Å². The second-order valence-corrected chi connectivity index (χ2v) is 3.28. The van der Waals surface area contributed by atoms with Crippen molar-refractivity contribution in [3.8, 4) is 0 Å². The highest BCUT2D eigenvalue weighted by Gasteiger charge is 2.03. The molecular weight excluding hydrogens is 168 g/mol. The van der Waals surface area contributed by atoms with E-state index in [9.17, 15) is 4.79 Å². The van der Waals surface area contributed by atoms with Crippen LogP contribution in [0.1, 0.15) is 20.3 Å². The summed E-state index contributed by atoms with van der Waals surface area (Å²) in [6, 6.07) is 0. The molecule has 0 saturated carbocycles. The maximum absolute atomic E-state index is 11.5. The summed E-state index contributed by atoms with van der Waals surface area (Å²) < 4.78 is 3.18. The van der Waals surface area contributed by atoms with Crippen molar-refractivity contribution in [1.29, 1.82) is 0 Å². The number of aryl methyl sites for hydroxylation is 1. The van der Waals surface area contributed by atoms with Crippen LogP contribution in [-0.2, 0) is 13.1 Å². The van der Waals surface area contributed by atoms with Gasteiger partial charge in [-0.15, -0.1) is 0 Å². The van der Waals surface area contributed by atoms with Crippen molar-refractivity contribution in [2.75, 3.05) is 0 Å². The molecule has 1 rings (SSSR count). The molecule has 0 saturated heterocycles. The molecule has 1 heterocycles. The van der Waals surface area contributed by atoms with Crippen molar-refractivity contribution in [3.05, 3.63) is 22.9 Å². The van der Waals surface area contributed by atoms with Crippen molar-refractivity contribution in [1.82, 2.24) is 9.13 Å². The minimum absolute atomic E-state index is 0.0391. The van der Waals surface area contributed by atoms with Crippen molar-refractivity contribution in [3.63, 3.8) is 0 Å². The maximum atomic E-state index is 11.5. The summed E-state index contributed by atoms with van der Waals surface area (Å²) >= 11 is 0. The standard InChI is InChI=1S/C9H16N2O2/c1-3-4-10-5-6-11(9(10)13)7-8(2)12/h5-6,8,12H,3-4,7H2,1-2H3. The molecule has 4 nitrogen and oxygen atoms in total. The summed E-state index contributed by atoms with van der Waals surface area (Å²) in [6.07, 6.45) is 3.94. The zero-order chi connectivity index (χ0) is 9.84. The number of hydrogen-bond donors (Lipinski definition) is 1. The predicted octanol–water partition coefficient (Wildman–Crippen LogP) is 0.441. The number of aliphatic hydroxyl groups is 1. The summed E-state index contributed by atoms with van der Waals surface area (Å²) in [4.78, 5) is 11.5. The molecule has 1 atom stereocenters. The van der Waals surface area contributed by atoms with Gasteiger partial charge in [-0.1, -0.05) is 6.92 Å². The molecule has 0 spiro atoms. The number of hydrogen-bond acceptors (Lipinski definition) is 2. The van der Waals surface area contributed by atoms with Crippen molar-refractivity contribution < 1.29 is 5.11 Å². The fourth-order valence-electron chi connectivity index (χ4n) is 1.29. The molecule has 1 aromatic heterocycles. The second-order valence-electron chi connectivity index (χ2n) is 3.28. The molecule has 0 aliphatic rings. The lowest BCUT2D eigenvalue weighted by Gasteiger charge is -2.03. The van der Waals surface area contributed by atoms with Gasteiger partial charge in [0.05, 0.1) is 12.6 Å². The quantitative estimate of drug-likeness (QED) is 0.738. The summed E-state index contributed by atoms with van der Waals surface area (Å²) in [5.41, 5.74) is -0.0391. The van der Waals surface area contributed by atoms with Gasteiger partial charge < -0.3 is 5.11 Å². The van der Waals surface area contributed by atoms with Crippen LogP contribution in [0.25, 0.3) is 0 Å². The first-order valence-electron chi connectivity index (χ1n) is 4.58. The normalized spacial score (nSPS) is 13.2. The van der Waals surface area contributed by atoms with Gasteiger partial charge in [0.15, 0.2) is 0 Å². The van der Waals surface area contributed by atoms with E-state index in [1.165, 1.54) is 4.57 Å². The molecule has 0 radical (unpaired) electrons. The Bertz CT molecular complexity index is 312. The number of aromatic nitrogens is 2. The lowest BCUT2D eigenvalue weighted by molar-refractivity contribution is 0.172. The number of nitrogens with zero attached hydrogens (tertiary/aromatic N) is 2. The molecule has 0 fully saturated rings. The van der Waals surface area contributed by atoms with E-state index in [1.807, 2.05) is 6.92 Å². The van der Waals surface area contributed by atoms with E-state index in [-0.39, 0.29) is 5.69 Å². The Morgan fingerprint density at radius 2 is 2.08 bits per heavy atom. The van der Waals surface area contributed by atoms with Gasteiger partial charge in [0.25, 0.3) is 0 Å². The van der Waals surface area contributed by atoms with Gasteiger partial charge in [-0.3, -0.25) is 9.13 Å². The van der Waals surface area contributed by atoms with E-state index in [0.717, 1.165) is 13.0 Å². The monoisotopic (exact) mass is 184 g/mol. The van der Waals surface area contributed by atoms with Crippen LogP contribution in [0.4, 0.5) is 0 Å². The summed E-state index contributed by atoms with van der Waals surface area (Å²) in [5, 5.41) is 9.10. The lowest BCUT2D eigenvalue weighted by atomic mass is 10.4. The molecule has 1 aromatic rings. The zero-order valence-electron chi connectivity index (χ0n) is 8.10. The van der Waals surface area contributed by atoms with E-state index in [1.54, 1.807) is 23.9 Å². The van der Waals surface area contributed by atoms with Crippen molar-refractivity contribution in [2.24, 2.45) is 0 Å².